The number of benzene rings is 1. The van der Waals surface area contributed by atoms with Crippen LogP contribution in [0, 0.1) is 0 Å². The van der Waals surface area contributed by atoms with E-state index in [-0.39, 0.29) is 5.60 Å². The van der Waals surface area contributed by atoms with Gasteiger partial charge in [-0.3, -0.25) is 4.72 Å². The summed E-state index contributed by atoms with van der Waals surface area (Å²) in [4.78, 5) is 0. The topological polar surface area (TPSA) is 67.4 Å². The van der Waals surface area contributed by atoms with E-state index in [1.807, 2.05) is 12.1 Å². The number of piperidine rings is 1. The van der Waals surface area contributed by atoms with Crippen LogP contribution in [0.3, 0.4) is 0 Å². The first-order valence-corrected chi connectivity index (χ1v) is 8.35. The smallest absolute Gasteiger partial charge is 0.229 e. The molecule has 0 aromatic heterocycles. The van der Waals surface area contributed by atoms with Crippen LogP contribution in [0.4, 0.5) is 5.69 Å². The van der Waals surface area contributed by atoms with E-state index in [2.05, 4.69) is 10.0 Å². The Labute approximate surface area is 113 Å². The SMILES string of the molecule is CS(=O)(=O)Nc1ccc2c(c1)CC1(CCCNC1)O2. The molecule has 1 atom stereocenters. The summed E-state index contributed by atoms with van der Waals surface area (Å²) in [6, 6.07) is 5.47. The minimum atomic E-state index is -3.23. The molecule has 1 saturated heterocycles. The van der Waals surface area contributed by atoms with Gasteiger partial charge in [0, 0.05) is 24.2 Å². The van der Waals surface area contributed by atoms with E-state index in [1.165, 1.54) is 0 Å². The number of anilines is 1. The largest absolute Gasteiger partial charge is 0.485 e. The van der Waals surface area contributed by atoms with Crippen molar-refractivity contribution in [2.75, 3.05) is 24.1 Å². The molecule has 6 heteroatoms. The Morgan fingerprint density at radius 3 is 2.95 bits per heavy atom. The summed E-state index contributed by atoms with van der Waals surface area (Å²) < 4.78 is 31.1. The van der Waals surface area contributed by atoms with Gasteiger partial charge in [-0.05, 0) is 37.6 Å². The maximum Gasteiger partial charge on any atom is 0.229 e. The standard InChI is InChI=1S/C13H18N2O3S/c1-19(16,17)15-11-3-4-12-10(7-11)8-13(18-12)5-2-6-14-9-13/h3-4,7,14-15H,2,5-6,8-9H2,1H3. The fourth-order valence-corrected chi connectivity index (χ4v) is 3.44. The van der Waals surface area contributed by atoms with Crippen LogP contribution in [0.5, 0.6) is 5.75 Å². The van der Waals surface area contributed by atoms with Crippen LogP contribution >= 0.6 is 0 Å². The van der Waals surface area contributed by atoms with Gasteiger partial charge in [0.2, 0.25) is 10.0 Å². The van der Waals surface area contributed by atoms with E-state index in [0.29, 0.717) is 5.69 Å². The maximum absolute atomic E-state index is 11.2. The second-order valence-corrected chi connectivity index (χ2v) is 7.19. The highest BCUT2D eigenvalue weighted by molar-refractivity contribution is 7.92. The molecular weight excluding hydrogens is 264 g/mol. The number of rotatable bonds is 2. The van der Waals surface area contributed by atoms with Crippen molar-refractivity contribution in [2.45, 2.75) is 24.9 Å². The van der Waals surface area contributed by atoms with E-state index in [0.717, 1.165) is 49.9 Å². The Morgan fingerprint density at radius 1 is 1.42 bits per heavy atom. The lowest BCUT2D eigenvalue weighted by Gasteiger charge is -2.33. The van der Waals surface area contributed by atoms with E-state index < -0.39 is 10.0 Å². The summed E-state index contributed by atoms with van der Waals surface area (Å²) in [5, 5.41) is 3.37. The summed E-state index contributed by atoms with van der Waals surface area (Å²) in [5.41, 5.74) is 1.55. The molecule has 0 bridgehead atoms. The second kappa shape index (κ2) is 4.38. The fourth-order valence-electron chi connectivity index (χ4n) is 2.89. The van der Waals surface area contributed by atoms with Crippen LogP contribution < -0.4 is 14.8 Å². The highest BCUT2D eigenvalue weighted by atomic mass is 32.2. The summed E-state index contributed by atoms with van der Waals surface area (Å²) in [7, 11) is -3.23. The molecule has 1 fully saturated rings. The lowest BCUT2D eigenvalue weighted by molar-refractivity contribution is 0.0660. The molecule has 1 unspecified atom stereocenters. The van der Waals surface area contributed by atoms with Crippen molar-refractivity contribution < 1.29 is 13.2 Å². The average molecular weight is 282 g/mol. The first kappa shape index (κ1) is 12.7. The van der Waals surface area contributed by atoms with Crippen molar-refractivity contribution in [1.29, 1.82) is 0 Å². The molecule has 2 aliphatic heterocycles. The third-order valence-electron chi connectivity index (χ3n) is 3.64. The highest BCUT2D eigenvalue weighted by Crippen LogP contribution is 2.39. The van der Waals surface area contributed by atoms with Crippen LogP contribution in [0.15, 0.2) is 18.2 Å². The van der Waals surface area contributed by atoms with Crippen LogP contribution in [-0.2, 0) is 16.4 Å². The monoisotopic (exact) mass is 282 g/mol. The third kappa shape index (κ3) is 2.69. The van der Waals surface area contributed by atoms with Gasteiger partial charge in [-0.1, -0.05) is 0 Å². The Kier molecular flexibility index (Phi) is 2.94. The van der Waals surface area contributed by atoms with Gasteiger partial charge in [-0.25, -0.2) is 8.42 Å². The predicted octanol–water partition coefficient (Wildman–Crippen LogP) is 1.12. The van der Waals surface area contributed by atoms with E-state index in [4.69, 9.17) is 4.74 Å². The molecule has 0 saturated carbocycles. The first-order chi connectivity index (χ1) is 8.96. The summed E-state index contributed by atoms with van der Waals surface area (Å²) in [6.07, 6.45) is 4.16. The number of ether oxygens (including phenoxy) is 1. The maximum atomic E-state index is 11.2. The lowest BCUT2D eigenvalue weighted by Crippen LogP contribution is -2.49. The molecule has 0 aliphatic carbocycles. The molecule has 19 heavy (non-hydrogen) atoms. The fraction of sp³-hybridized carbons (Fsp3) is 0.538. The lowest BCUT2D eigenvalue weighted by atomic mass is 9.89. The summed E-state index contributed by atoms with van der Waals surface area (Å²) in [5.74, 6) is 0.878. The zero-order valence-electron chi connectivity index (χ0n) is 10.9. The van der Waals surface area contributed by atoms with Gasteiger partial charge in [-0.15, -0.1) is 0 Å². The number of sulfonamides is 1. The van der Waals surface area contributed by atoms with E-state index in [9.17, 15) is 8.42 Å². The van der Waals surface area contributed by atoms with Gasteiger partial charge in [0.05, 0.1) is 6.26 Å². The van der Waals surface area contributed by atoms with E-state index in [1.54, 1.807) is 6.07 Å². The molecular formula is C13H18N2O3S. The van der Waals surface area contributed by atoms with Crippen LogP contribution in [0.2, 0.25) is 0 Å². The number of hydrogen-bond acceptors (Lipinski definition) is 4. The first-order valence-electron chi connectivity index (χ1n) is 6.46. The minimum Gasteiger partial charge on any atom is -0.485 e. The molecule has 2 aliphatic rings. The van der Waals surface area contributed by atoms with E-state index >= 15 is 0 Å². The van der Waals surface area contributed by atoms with Crippen LogP contribution in [0.1, 0.15) is 18.4 Å². The van der Waals surface area contributed by atoms with Crippen molar-refractivity contribution in [3.63, 3.8) is 0 Å². The molecule has 2 heterocycles. The Hall–Kier alpha value is -1.27. The van der Waals surface area contributed by atoms with Crippen LogP contribution in [0.25, 0.3) is 0 Å². The molecule has 3 rings (SSSR count). The van der Waals surface area contributed by atoms with Gasteiger partial charge in [-0.2, -0.15) is 0 Å². The molecule has 1 aromatic rings. The Balaban J connectivity index is 1.83. The minimum absolute atomic E-state index is 0.135. The quantitative estimate of drug-likeness (QED) is 0.853. The molecule has 1 spiro atoms. The highest BCUT2D eigenvalue weighted by Gasteiger charge is 2.40. The van der Waals surface area contributed by atoms with Gasteiger partial charge in [0.15, 0.2) is 0 Å². The zero-order chi connectivity index (χ0) is 13.5. The zero-order valence-corrected chi connectivity index (χ0v) is 11.7. The van der Waals surface area contributed by atoms with Crippen molar-refractivity contribution in [3.8, 4) is 5.75 Å². The molecule has 2 N–H and O–H groups in total. The Morgan fingerprint density at radius 2 is 2.26 bits per heavy atom. The molecule has 5 nitrogen and oxygen atoms in total. The normalized spacial score (nSPS) is 25.9. The molecule has 104 valence electrons. The third-order valence-corrected chi connectivity index (χ3v) is 4.24. The van der Waals surface area contributed by atoms with Crippen LogP contribution in [-0.4, -0.2) is 33.4 Å². The predicted molar refractivity (Wildman–Crippen MR) is 74.1 cm³/mol. The van der Waals surface area contributed by atoms with Gasteiger partial charge in [0.1, 0.15) is 11.4 Å². The summed E-state index contributed by atoms with van der Waals surface area (Å²) >= 11 is 0. The van der Waals surface area contributed by atoms with Gasteiger partial charge >= 0.3 is 0 Å². The van der Waals surface area contributed by atoms with Gasteiger partial charge in [0.25, 0.3) is 0 Å². The second-order valence-electron chi connectivity index (χ2n) is 5.44. The number of fused-ring (bicyclic) bond motifs is 1. The van der Waals surface area contributed by atoms with Crippen molar-refractivity contribution in [3.05, 3.63) is 23.8 Å². The average Bonchev–Trinajstić information content (AvgIpc) is 2.64. The number of nitrogens with one attached hydrogen (secondary N) is 2. The molecule has 0 radical (unpaired) electrons. The van der Waals surface area contributed by atoms with Crippen molar-refractivity contribution >= 4 is 15.7 Å². The summed E-state index contributed by atoms with van der Waals surface area (Å²) in [6.45, 7) is 1.90. The molecule has 0 amide bonds. The van der Waals surface area contributed by atoms with Crippen molar-refractivity contribution in [2.24, 2.45) is 0 Å². The van der Waals surface area contributed by atoms with Gasteiger partial charge < -0.3 is 10.1 Å². The number of hydrogen-bond donors (Lipinski definition) is 2. The van der Waals surface area contributed by atoms with Crippen molar-refractivity contribution in [1.82, 2.24) is 5.32 Å². The molecule has 1 aromatic carbocycles. The Bertz CT molecular complexity index is 592.